The van der Waals surface area contributed by atoms with Gasteiger partial charge in [-0.05, 0) is 61.0 Å². The smallest absolute Gasteiger partial charge is 0.259 e. The summed E-state index contributed by atoms with van der Waals surface area (Å²) in [6.45, 7) is 5.31. The molecule has 2 aliphatic rings. The van der Waals surface area contributed by atoms with Gasteiger partial charge in [0.25, 0.3) is 5.91 Å². The molecule has 2 saturated heterocycles. The number of ether oxygens (including phenoxy) is 3. The quantitative estimate of drug-likeness (QED) is 0.316. The second-order valence-electron chi connectivity index (χ2n) is 10.6. The van der Waals surface area contributed by atoms with Crippen molar-refractivity contribution >= 4 is 27.3 Å². The summed E-state index contributed by atoms with van der Waals surface area (Å²) in [5, 5.41) is 7.84. The minimum atomic E-state index is -3.82. The number of hydrogen-bond donors (Lipinski definition) is 1. The van der Waals surface area contributed by atoms with Gasteiger partial charge in [0.1, 0.15) is 11.4 Å². The lowest BCUT2D eigenvalue weighted by atomic mass is 10.1. The summed E-state index contributed by atoms with van der Waals surface area (Å²) in [6.07, 6.45) is 1.69. The SMILES string of the molecule is COc1ccc(-c2nn(-c3ccccc3)cc2C(=O)Nc2cc(S(=O)(=O)N3CCOCC3)c(C)cc2N2CCOCC2)cc1. The highest BCUT2D eigenvalue weighted by molar-refractivity contribution is 7.89. The Balaban J connectivity index is 1.42. The third kappa shape index (κ3) is 6.06. The van der Waals surface area contributed by atoms with Crippen LogP contribution in [0.4, 0.5) is 11.4 Å². The number of para-hydroxylation sites is 1. The van der Waals surface area contributed by atoms with E-state index in [-0.39, 0.29) is 18.0 Å². The number of sulfonamides is 1. The fourth-order valence-electron chi connectivity index (χ4n) is 5.45. The number of carbonyl (C=O) groups excluding carboxylic acids is 1. The minimum Gasteiger partial charge on any atom is -0.497 e. The molecule has 1 N–H and O–H groups in total. The summed E-state index contributed by atoms with van der Waals surface area (Å²) in [5.41, 5.74) is 4.10. The van der Waals surface area contributed by atoms with Crippen LogP contribution in [0.1, 0.15) is 15.9 Å². The number of nitrogens with one attached hydrogen (secondary N) is 1. The van der Waals surface area contributed by atoms with Crippen molar-refractivity contribution in [1.29, 1.82) is 0 Å². The van der Waals surface area contributed by atoms with Crippen LogP contribution in [-0.4, -0.2) is 88.1 Å². The number of aromatic nitrogens is 2. The number of amides is 1. The van der Waals surface area contributed by atoms with Gasteiger partial charge in [-0.25, -0.2) is 13.1 Å². The highest BCUT2D eigenvalue weighted by Crippen LogP contribution is 2.35. The number of benzene rings is 3. The molecule has 0 bridgehead atoms. The van der Waals surface area contributed by atoms with Gasteiger partial charge in [0.15, 0.2) is 0 Å². The first-order valence-corrected chi connectivity index (χ1v) is 16.0. The molecule has 0 atom stereocenters. The van der Waals surface area contributed by atoms with Crippen LogP contribution in [0.5, 0.6) is 5.75 Å². The van der Waals surface area contributed by atoms with Gasteiger partial charge in [-0.1, -0.05) is 18.2 Å². The lowest BCUT2D eigenvalue weighted by molar-refractivity contribution is 0.0730. The number of aryl methyl sites for hydroxylation is 1. The van der Waals surface area contributed by atoms with Crippen LogP contribution in [0.25, 0.3) is 16.9 Å². The molecule has 1 amide bonds. The lowest BCUT2D eigenvalue weighted by Gasteiger charge is -2.32. The molecule has 6 rings (SSSR count). The Morgan fingerprint density at radius 3 is 2.23 bits per heavy atom. The van der Waals surface area contributed by atoms with Crippen molar-refractivity contribution in [3.05, 3.63) is 84.1 Å². The predicted molar refractivity (Wildman–Crippen MR) is 167 cm³/mol. The van der Waals surface area contributed by atoms with Crippen molar-refractivity contribution in [3.8, 4) is 22.7 Å². The molecule has 3 heterocycles. The number of carbonyl (C=O) groups is 1. The molecule has 2 fully saturated rings. The zero-order chi connectivity index (χ0) is 30.7. The predicted octanol–water partition coefficient (Wildman–Crippen LogP) is 3.97. The van der Waals surface area contributed by atoms with E-state index in [0.717, 1.165) is 16.9 Å². The summed E-state index contributed by atoms with van der Waals surface area (Å²) in [5.74, 6) is 0.275. The largest absolute Gasteiger partial charge is 0.497 e. The second-order valence-corrected chi connectivity index (χ2v) is 12.5. The molecule has 44 heavy (non-hydrogen) atoms. The first-order chi connectivity index (χ1) is 21.3. The molecule has 0 aliphatic carbocycles. The third-order valence-electron chi connectivity index (χ3n) is 7.82. The van der Waals surface area contributed by atoms with Gasteiger partial charge in [-0.2, -0.15) is 9.40 Å². The van der Waals surface area contributed by atoms with Crippen LogP contribution < -0.4 is 15.0 Å². The van der Waals surface area contributed by atoms with E-state index in [2.05, 4.69) is 10.2 Å². The van der Waals surface area contributed by atoms with E-state index >= 15 is 0 Å². The Morgan fingerprint density at radius 2 is 1.57 bits per heavy atom. The molecule has 3 aromatic carbocycles. The van der Waals surface area contributed by atoms with Gasteiger partial charge in [0.05, 0.1) is 61.1 Å². The minimum absolute atomic E-state index is 0.155. The molecule has 0 spiro atoms. The van der Waals surface area contributed by atoms with Gasteiger partial charge >= 0.3 is 0 Å². The van der Waals surface area contributed by atoms with E-state index in [4.69, 9.17) is 19.3 Å². The maximum Gasteiger partial charge on any atom is 0.259 e. The number of rotatable bonds is 8. The molecule has 0 unspecified atom stereocenters. The Morgan fingerprint density at radius 1 is 0.909 bits per heavy atom. The van der Waals surface area contributed by atoms with Gasteiger partial charge in [-0.3, -0.25) is 4.79 Å². The Bertz CT molecular complexity index is 1730. The fraction of sp³-hybridized carbons (Fsp3) is 0.312. The molecular weight excluding hydrogens is 582 g/mol. The number of morpholine rings is 2. The molecule has 4 aromatic rings. The summed E-state index contributed by atoms with van der Waals surface area (Å²) >= 11 is 0. The molecule has 11 nitrogen and oxygen atoms in total. The van der Waals surface area contributed by atoms with Gasteiger partial charge < -0.3 is 24.4 Å². The highest BCUT2D eigenvalue weighted by Gasteiger charge is 2.30. The number of anilines is 2. The summed E-state index contributed by atoms with van der Waals surface area (Å²) in [6, 6.07) is 20.3. The van der Waals surface area contributed by atoms with Crippen LogP contribution in [0.15, 0.2) is 77.8 Å². The zero-order valence-corrected chi connectivity index (χ0v) is 25.5. The Labute approximate surface area is 257 Å². The standard InChI is InChI=1S/C32H35N5O6S/c1-23-20-29(35-12-16-42-17-13-35)28(21-30(23)44(39,40)36-14-18-43-19-15-36)33-32(38)27-22-37(25-6-4-3-5-7-25)34-31(27)24-8-10-26(41-2)11-9-24/h3-11,20-22H,12-19H2,1-2H3,(H,33,38). The van der Waals surface area contributed by atoms with Crippen molar-refractivity contribution in [3.63, 3.8) is 0 Å². The first kappa shape index (κ1) is 29.8. The van der Waals surface area contributed by atoms with Gasteiger partial charge in [-0.15, -0.1) is 0 Å². The van der Waals surface area contributed by atoms with E-state index in [1.807, 2.05) is 60.7 Å². The molecule has 0 saturated carbocycles. The number of nitrogens with zero attached hydrogens (tertiary/aromatic N) is 4. The maximum atomic E-state index is 14.1. The highest BCUT2D eigenvalue weighted by atomic mass is 32.2. The van der Waals surface area contributed by atoms with Crippen LogP contribution >= 0.6 is 0 Å². The topological polar surface area (TPSA) is 115 Å². The van der Waals surface area contributed by atoms with Crippen molar-refractivity contribution in [2.45, 2.75) is 11.8 Å². The normalized spacial score (nSPS) is 16.1. The van der Waals surface area contributed by atoms with Crippen molar-refractivity contribution in [2.24, 2.45) is 0 Å². The Kier molecular flexibility index (Phi) is 8.67. The van der Waals surface area contributed by atoms with Gasteiger partial charge in [0, 0.05) is 37.9 Å². The first-order valence-electron chi connectivity index (χ1n) is 14.5. The third-order valence-corrected chi connectivity index (χ3v) is 9.86. The van der Waals surface area contributed by atoms with Crippen LogP contribution in [0, 0.1) is 6.92 Å². The zero-order valence-electron chi connectivity index (χ0n) is 24.7. The van der Waals surface area contributed by atoms with Gasteiger partial charge in [0.2, 0.25) is 10.0 Å². The van der Waals surface area contributed by atoms with E-state index < -0.39 is 15.9 Å². The molecular formula is C32H35N5O6S. The van der Waals surface area contributed by atoms with Crippen molar-refractivity contribution in [1.82, 2.24) is 14.1 Å². The summed E-state index contributed by atoms with van der Waals surface area (Å²) in [4.78, 5) is 16.4. The lowest BCUT2D eigenvalue weighted by Crippen LogP contribution is -2.41. The number of hydrogen-bond acceptors (Lipinski definition) is 8. The molecule has 2 aliphatic heterocycles. The van der Waals surface area contributed by atoms with E-state index in [1.165, 1.54) is 4.31 Å². The van der Waals surface area contributed by atoms with Crippen LogP contribution in [0.3, 0.4) is 0 Å². The van der Waals surface area contributed by atoms with E-state index in [0.29, 0.717) is 67.8 Å². The van der Waals surface area contributed by atoms with Crippen LogP contribution in [0.2, 0.25) is 0 Å². The van der Waals surface area contributed by atoms with Crippen molar-refractivity contribution in [2.75, 3.05) is 69.9 Å². The summed E-state index contributed by atoms with van der Waals surface area (Å²) in [7, 11) is -2.23. The summed E-state index contributed by atoms with van der Waals surface area (Å²) < 4.78 is 46.9. The monoisotopic (exact) mass is 617 g/mol. The molecule has 1 aromatic heterocycles. The fourth-order valence-corrected chi connectivity index (χ4v) is 7.09. The molecule has 0 radical (unpaired) electrons. The average molecular weight is 618 g/mol. The van der Waals surface area contributed by atoms with Crippen molar-refractivity contribution < 1.29 is 27.4 Å². The average Bonchev–Trinajstić information content (AvgIpc) is 3.52. The second kappa shape index (κ2) is 12.8. The molecule has 230 valence electrons. The molecule has 12 heteroatoms. The van der Waals surface area contributed by atoms with Crippen LogP contribution in [-0.2, 0) is 19.5 Å². The Hall–Kier alpha value is -4.23. The van der Waals surface area contributed by atoms with E-state index in [1.54, 1.807) is 31.0 Å². The van der Waals surface area contributed by atoms with E-state index in [9.17, 15) is 13.2 Å². The number of methoxy groups -OCH3 is 1. The maximum absolute atomic E-state index is 14.1.